The number of anilines is 1. The Morgan fingerprint density at radius 3 is 2.24 bits per heavy atom. The van der Waals surface area contributed by atoms with Crippen LogP contribution >= 0.6 is 11.3 Å². The number of hydrogen-bond acceptors (Lipinski definition) is 6. The van der Waals surface area contributed by atoms with E-state index < -0.39 is 16.0 Å². The van der Waals surface area contributed by atoms with E-state index in [0.29, 0.717) is 10.9 Å². The zero-order valence-corrected chi connectivity index (χ0v) is 24.7. The van der Waals surface area contributed by atoms with Gasteiger partial charge in [-0.15, -0.1) is 11.3 Å². The second kappa shape index (κ2) is 11.6. The van der Waals surface area contributed by atoms with Gasteiger partial charge in [-0.3, -0.25) is 4.72 Å². The summed E-state index contributed by atoms with van der Waals surface area (Å²) in [5.41, 5.74) is 4.73. The Bertz CT molecular complexity index is 1870. The van der Waals surface area contributed by atoms with Crippen molar-refractivity contribution in [1.82, 2.24) is 4.98 Å². The van der Waals surface area contributed by atoms with Crippen molar-refractivity contribution in [2.45, 2.75) is 43.0 Å². The van der Waals surface area contributed by atoms with E-state index in [1.54, 1.807) is 0 Å². The summed E-state index contributed by atoms with van der Waals surface area (Å²) in [7, 11) is -2.69. The first-order valence-corrected chi connectivity index (χ1v) is 16.2. The zero-order valence-electron chi connectivity index (χ0n) is 23.0. The van der Waals surface area contributed by atoms with Crippen molar-refractivity contribution in [3.05, 3.63) is 95.4 Å². The molecule has 0 amide bonds. The summed E-state index contributed by atoms with van der Waals surface area (Å²) in [4.78, 5) is 15.6. The number of carbonyl (C=O) groups is 1. The number of thiazole rings is 1. The van der Waals surface area contributed by atoms with Crippen LogP contribution in [0.3, 0.4) is 0 Å². The summed E-state index contributed by atoms with van der Waals surface area (Å²) in [5, 5.41) is 13.3. The Balaban J connectivity index is 1.21. The van der Waals surface area contributed by atoms with Gasteiger partial charge >= 0.3 is 5.97 Å². The fraction of sp³-hybridized carbons (Fsp3) is 0.212. The highest BCUT2D eigenvalue weighted by atomic mass is 32.2. The van der Waals surface area contributed by atoms with Crippen LogP contribution in [0.2, 0.25) is 0 Å². The minimum atomic E-state index is -4.03. The van der Waals surface area contributed by atoms with E-state index in [-0.39, 0.29) is 22.0 Å². The van der Waals surface area contributed by atoms with Gasteiger partial charge in [0.1, 0.15) is 10.8 Å². The quantitative estimate of drug-likeness (QED) is 0.187. The second-order valence-electron chi connectivity index (χ2n) is 10.6. The molecule has 9 heteroatoms. The Kier molecular flexibility index (Phi) is 7.70. The lowest BCUT2D eigenvalue weighted by molar-refractivity contribution is 0.0696. The molecule has 6 rings (SSSR count). The van der Waals surface area contributed by atoms with Crippen LogP contribution in [0.5, 0.6) is 5.75 Å². The number of rotatable bonds is 8. The number of sulfonamides is 1. The van der Waals surface area contributed by atoms with Crippen molar-refractivity contribution < 1.29 is 23.1 Å². The van der Waals surface area contributed by atoms with E-state index in [4.69, 9.17) is 4.74 Å². The minimum absolute atomic E-state index is 0.0123. The molecule has 0 spiro atoms. The number of methoxy groups -OCH3 is 1. The number of nitrogens with zero attached hydrogens (tertiary/aromatic N) is 1. The number of nitrogens with one attached hydrogen (secondary N) is 1. The number of aromatic carboxylic acids is 1. The number of carboxylic acid groups (broad SMARTS) is 1. The van der Waals surface area contributed by atoms with Crippen molar-refractivity contribution in [2.24, 2.45) is 0 Å². The molecule has 0 aliphatic heterocycles. The number of hydrogen-bond donors (Lipinski definition) is 2. The maximum atomic E-state index is 13.1. The van der Waals surface area contributed by atoms with Crippen molar-refractivity contribution >= 4 is 43.8 Å². The summed E-state index contributed by atoms with van der Waals surface area (Å²) in [6.45, 7) is 0. The SMILES string of the molecule is COc1cc(C(=O)O)ccc1NS(=O)(=O)c1csc(-c2ccc3cc(-c4ccc(C5CCCCC5)cc4)ccc3c2)n1. The molecule has 2 N–H and O–H groups in total. The third-order valence-electron chi connectivity index (χ3n) is 7.86. The van der Waals surface area contributed by atoms with E-state index >= 15 is 0 Å². The molecular weight excluding hydrogens is 569 g/mol. The van der Waals surface area contributed by atoms with Crippen LogP contribution in [0.15, 0.2) is 89.3 Å². The van der Waals surface area contributed by atoms with Crippen LogP contribution in [-0.2, 0) is 10.0 Å². The summed E-state index contributed by atoms with van der Waals surface area (Å²) in [6.07, 6.45) is 6.59. The fourth-order valence-corrected chi connectivity index (χ4v) is 7.72. The summed E-state index contributed by atoms with van der Waals surface area (Å²) >= 11 is 1.24. The Morgan fingerprint density at radius 2 is 1.55 bits per heavy atom. The molecule has 1 fully saturated rings. The lowest BCUT2D eigenvalue weighted by Crippen LogP contribution is -2.14. The van der Waals surface area contributed by atoms with E-state index in [0.717, 1.165) is 21.9 Å². The van der Waals surface area contributed by atoms with Crippen LogP contribution in [0.25, 0.3) is 32.5 Å². The minimum Gasteiger partial charge on any atom is -0.495 e. The maximum absolute atomic E-state index is 13.1. The molecule has 7 nitrogen and oxygen atoms in total. The fourth-order valence-electron chi connectivity index (χ4n) is 5.56. The molecule has 1 aliphatic carbocycles. The van der Waals surface area contributed by atoms with Gasteiger partial charge < -0.3 is 9.84 Å². The number of benzene rings is 4. The molecule has 5 aromatic rings. The summed E-state index contributed by atoms with van der Waals surface area (Å²) in [6, 6.07) is 25.3. The first-order valence-electron chi connectivity index (χ1n) is 13.8. The number of fused-ring (bicyclic) bond motifs is 1. The highest BCUT2D eigenvalue weighted by Gasteiger charge is 2.22. The smallest absolute Gasteiger partial charge is 0.335 e. The summed E-state index contributed by atoms with van der Waals surface area (Å²) in [5.74, 6) is -0.349. The van der Waals surface area contributed by atoms with E-state index in [9.17, 15) is 18.3 Å². The lowest BCUT2D eigenvalue weighted by Gasteiger charge is -2.22. The molecular formula is C33H30N2O5S2. The lowest BCUT2D eigenvalue weighted by atomic mass is 9.83. The van der Waals surface area contributed by atoms with Gasteiger partial charge in [-0.2, -0.15) is 8.42 Å². The third kappa shape index (κ3) is 5.75. The topological polar surface area (TPSA) is 106 Å². The van der Waals surface area contributed by atoms with Gasteiger partial charge in [-0.05, 0) is 76.6 Å². The van der Waals surface area contributed by atoms with Crippen molar-refractivity contribution in [3.63, 3.8) is 0 Å². The Labute approximate surface area is 248 Å². The predicted octanol–water partition coefficient (Wildman–Crippen LogP) is 8.19. The van der Waals surface area contributed by atoms with Crippen molar-refractivity contribution in [2.75, 3.05) is 11.8 Å². The van der Waals surface area contributed by atoms with E-state index in [1.165, 1.54) is 85.3 Å². The highest BCUT2D eigenvalue weighted by Crippen LogP contribution is 2.35. The largest absolute Gasteiger partial charge is 0.495 e. The van der Waals surface area contributed by atoms with Crippen molar-refractivity contribution in [1.29, 1.82) is 0 Å². The van der Waals surface area contributed by atoms with Crippen molar-refractivity contribution in [3.8, 4) is 27.4 Å². The molecule has 0 atom stereocenters. The van der Waals surface area contributed by atoms with Gasteiger partial charge in [0.05, 0.1) is 18.4 Å². The van der Waals surface area contributed by atoms with Crippen LogP contribution in [-0.4, -0.2) is 31.6 Å². The molecule has 1 aromatic heterocycles. The molecule has 0 saturated heterocycles. The van der Waals surface area contributed by atoms with Gasteiger partial charge in [-0.1, -0.05) is 67.8 Å². The third-order valence-corrected chi connectivity index (χ3v) is 10.1. The monoisotopic (exact) mass is 598 g/mol. The Hall–Kier alpha value is -4.21. The first kappa shape index (κ1) is 27.9. The molecule has 1 saturated carbocycles. The highest BCUT2D eigenvalue weighted by molar-refractivity contribution is 7.92. The van der Waals surface area contributed by atoms with Crippen LogP contribution in [0.1, 0.15) is 53.9 Å². The molecule has 1 aliphatic rings. The average Bonchev–Trinajstić information content (AvgIpc) is 3.53. The normalized spacial score (nSPS) is 14.1. The Morgan fingerprint density at radius 1 is 0.881 bits per heavy atom. The number of ether oxygens (including phenoxy) is 1. The van der Waals surface area contributed by atoms with Crippen LogP contribution in [0, 0.1) is 0 Å². The van der Waals surface area contributed by atoms with Gasteiger partial charge in [0, 0.05) is 10.9 Å². The van der Waals surface area contributed by atoms with E-state index in [1.807, 2.05) is 18.2 Å². The molecule has 4 aromatic carbocycles. The molecule has 0 radical (unpaired) electrons. The van der Waals surface area contributed by atoms with Gasteiger partial charge in [0.25, 0.3) is 10.0 Å². The average molecular weight is 599 g/mol. The molecule has 42 heavy (non-hydrogen) atoms. The number of aromatic nitrogens is 1. The zero-order chi connectivity index (χ0) is 29.3. The molecule has 0 bridgehead atoms. The predicted molar refractivity (Wildman–Crippen MR) is 167 cm³/mol. The summed E-state index contributed by atoms with van der Waals surface area (Å²) < 4.78 is 33.8. The van der Waals surface area contributed by atoms with Crippen LogP contribution < -0.4 is 9.46 Å². The first-order chi connectivity index (χ1) is 20.3. The second-order valence-corrected chi connectivity index (χ2v) is 13.0. The van der Waals surface area contributed by atoms with E-state index in [2.05, 4.69) is 52.2 Å². The molecule has 214 valence electrons. The standard InChI is InChI=1S/C33H30N2O5S2/c1-40-30-19-28(33(36)37)15-16-29(30)35-42(38,39)31-20-41-32(34-31)27-14-13-25-17-24(11-12-26(25)18-27)23-9-7-22(8-10-23)21-5-3-2-4-6-21/h7-21,35H,2-6H2,1H3,(H,36,37). The van der Waals surface area contributed by atoms with Crippen LogP contribution in [0.4, 0.5) is 5.69 Å². The van der Waals surface area contributed by atoms with Gasteiger partial charge in [-0.25, -0.2) is 9.78 Å². The maximum Gasteiger partial charge on any atom is 0.335 e. The molecule has 1 heterocycles. The molecule has 0 unspecified atom stereocenters. The number of carboxylic acids is 1. The van der Waals surface area contributed by atoms with Gasteiger partial charge in [0.15, 0.2) is 5.03 Å². The van der Waals surface area contributed by atoms with Gasteiger partial charge in [0.2, 0.25) is 0 Å².